The molecular formula is C12H15NO3. The molecule has 0 heterocycles. The standard InChI is InChI=1S/C12H15NO3/c1-2-16-12(15)10(13)8-11(14)9-6-4-3-5-7-9/h3-7,10H,2,8,13H2,1H3/t10-/m1/s1. The van der Waals surface area contributed by atoms with E-state index < -0.39 is 12.0 Å². The highest BCUT2D eigenvalue weighted by molar-refractivity contribution is 5.98. The van der Waals surface area contributed by atoms with Crippen molar-refractivity contribution in [2.24, 2.45) is 5.73 Å². The fourth-order valence-electron chi connectivity index (χ4n) is 1.27. The largest absolute Gasteiger partial charge is 0.465 e. The Morgan fingerprint density at radius 1 is 1.31 bits per heavy atom. The Morgan fingerprint density at radius 2 is 1.94 bits per heavy atom. The van der Waals surface area contributed by atoms with Crippen LogP contribution in [0.25, 0.3) is 0 Å². The number of nitrogens with two attached hydrogens (primary N) is 1. The zero-order valence-electron chi connectivity index (χ0n) is 9.18. The Morgan fingerprint density at radius 3 is 2.50 bits per heavy atom. The predicted molar refractivity (Wildman–Crippen MR) is 60.0 cm³/mol. The van der Waals surface area contributed by atoms with Gasteiger partial charge in [-0.25, -0.2) is 0 Å². The third-order valence-electron chi connectivity index (χ3n) is 2.09. The molecule has 0 aliphatic carbocycles. The summed E-state index contributed by atoms with van der Waals surface area (Å²) < 4.78 is 4.72. The molecule has 0 bridgehead atoms. The average Bonchev–Trinajstić information content (AvgIpc) is 2.30. The number of hydrogen-bond acceptors (Lipinski definition) is 4. The molecule has 0 saturated heterocycles. The van der Waals surface area contributed by atoms with Gasteiger partial charge in [0.25, 0.3) is 0 Å². The van der Waals surface area contributed by atoms with Crippen LogP contribution in [0.4, 0.5) is 0 Å². The summed E-state index contributed by atoms with van der Waals surface area (Å²) in [5.41, 5.74) is 6.10. The van der Waals surface area contributed by atoms with Crippen molar-refractivity contribution in [1.29, 1.82) is 0 Å². The molecule has 0 unspecified atom stereocenters. The predicted octanol–water partition coefficient (Wildman–Crippen LogP) is 1.15. The quantitative estimate of drug-likeness (QED) is 0.598. The van der Waals surface area contributed by atoms with E-state index in [9.17, 15) is 9.59 Å². The smallest absolute Gasteiger partial charge is 0.323 e. The fraction of sp³-hybridized carbons (Fsp3) is 0.333. The van der Waals surface area contributed by atoms with Crippen molar-refractivity contribution in [3.8, 4) is 0 Å². The van der Waals surface area contributed by atoms with Crippen LogP contribution in [0, 0.1) is 0 Å². The molecule has 0 aromatic heterocycles. The van der Waals surface area contributed by atoms with Gasteiger partial charge in [-0.3, -0.25) is 9.59 Å². The molecular weight excluding hydrogens is 206 g/mol. The summed E-state index contributed by atoms with van der Waals surface area (Å²) in [5, 5.41) is 0. The number of benzene rings is 1. The molecule has 0 fully saturated rings. The van der Waals surface area contributed by atoms with Crippen molar-refractivity contribution in [3.63, 3.8) is 0 Å². The van der Waals surface area contributed by atoms with E-state index in [0.717, 1.165) is 0 Å². The third-order valence-corrected chi connectivity index (χ3v) is 2.09. The first-order chi connectivity index (χ1) is 7.65. The summed E-state index contributed by atoms with van der Waals surface area (Å²) >= 11 is 0. The van der Waals surface area contributed by atoms with E-state index in [1.807, 2.05) is 6.07 Å². The van der Waals surface area contributed by atoms with Gasteiger partial charge in [-0.2, -0.15) is 0 Å². The zero-order valence-corrected chi connectivity index (χ0v) is 9.18. The molecule has 0 radical (unpaired) electrons. The van der Waals surface area contributed by atoms with Crippen LogP contribution in [0.3, 0.4) is 0 Å². The molecule has 1 rings (SSSR count). The molecule has 16 heavy (non-hydrogen) atoms. The number of rotatable bonds is 5. The van der Waals surface area contributed by atoms with Gasteiger partial charge in [-0.15, -0.1) is 0 Å². The number of ketones is 1. The highest BCUT2D eigenvalue weighted by atomic mass is 16.5. The van der Waals surface area contributed by atoms with E-state index in [-0.39, 0.29) is 18.8 Å². The monoisotopic (exact) mass is 221 g/mol. The lowest BCUT2D eigenvalue weighted by Crippen LogP contribution is -2.34. The van der Waals surface area contributed by atoms with Crippen molar-refractivity contribution in [2.75, 3.05) is 6.61 Å². The number of carbonyl (C=O) groups excluding carboxylic acids is 2. The van der Waals surface area contributed by atoms with Crippen LogP contribution in [0.1, 0.15) is 23.7 Å². The Kier molecular flexibility index (Phi) is 4.66. The summed E-state index contributed by atoms with van der Waals surface area (Å²) in [7, 11) is 0. The fourth-order valence-corrected chi connectivity index (χ4v) is 1.27. The third kappa shape index (κ3) is 3.47. The SMILES string of the molecule is CCOC(=O)[C@H](N)CC(=O)c1ccccc1. The van der Waals surface area contributed by atoms with E-state index in [1.54, 1.807) is 31.2 Å². The topological polar surface area (TPSA) is 69.4 Å². The first kappa shape index (κ1) is 12.4. The van der Waals surface area contributed by atoms with Crippen molar-refractivity contribution < 1.29 is 14.3 Å². The molecule has 86 valence electrons. The summed E-state index contributed by atoms with van der Waals surface area (Å²) in [4.78, 5) is 22.9. The minimum Gasteiger partial charge on any atom is -0.465 e. The summed E-state index contributed by atoms with van der Waals surface area (Å²) in [5.74, 6) is -0.687. The van der Waals surface area contributed by atoms with Crippen molar-refractivity contribution in [2.45, 2.75) is 19.4 Å². The molecule has 1 aromatic carbocycles. The van der Waals surface area contributed by atoms with Gasteiger partial charge in [-0.1, -0.05) is 30.3 Å². The Balaban J connectivity index is 2.55. The lowest BCUT2D eigenvalue weighted by Gasteiger charge is -2.09. The van der Waals surface area contributed by atoms with Gasteiger partial charge in [-0.05, 0) is 6.92 Å². The van der Waals surface area contributed by atoms with Gasteiger partial charge >= 0.3 is 5.97 Å². The van der Waals surface area contributed by atoms with Crippen LogP contribution >= 0.6 is 0 Å². The van der Waals surface area contributed by atoms with Gasteiger partial charge in [0.05, 0.1) is 6.61 Å². The maximum Gasteiger partial charge on any atom is 0.323 e. The molecule has 0 saturated carbocycles. The highest BCUT2D eigenvalue weighted by Gasteiger charge is 2.19. The van der Waals surface area contributed by atoms with E-state index in [4.69, 9.17) is 10.5 Å². The molecule has 4 heteroatoms. The van der Waals surface area contributed by atoms with Gasteiger partial charge in [0.15, 0.2) is 5.78 Å². The number of carbonyl (C=O) groups is 2. The maximum atomic E-state index is 11.7. The van der Waals surface area contributed by atoms with Crippen molar-refractivity contribution in [3.05, 3.63) is 35.9 Å². The van der Waals surface area contributed by atoms with Crippen LogP contribution in [-0.2, 0) is 9.53 Å². The van der Waals surface area contributed by atoms with Gasteiger partial charge < -0.3 is 10.5 Å². The Bertz CT molecular complexity index is 362. The summed E-state index contributed by atoms with van der Waals surface area (Å²) in [6.07, 6.45) is -0.0250. The second-order valence-corrected chi connectivity index (χ2v) is 3.35. The van der Waals surface area contributed by atoms with E-state index in [0.29, 0.717) is 5.56 Å². The zero-order chi connectivity index (χ0) is 12.0. The highest BCUT2D eigenvalue weighted by Crippen LogP contribution is 2.05. The lowest BCUT2D eigenvalue weighted by atomic mass is 10.0. The molecule has 0 amide bonds. The van der Waals surface area contributed by atoms with Crippen LogP contribution < -0.4 is 5.73 Å². The Labute approximate surface area is 94.4 Å². The van der Waals surface area contributed by atoms with E-state index >= 15 is 0 Å². The summed E-state index contributed by atoms with van der Waals surface area (Å²) in [6.45, 7) is 1.97. The molecule has 4 nitrogen and oxygen atoms in total. The number of Topliss-reactive ketones (excluding diaryl/α,β-unsaturated/α-hetero) is 1. The Hall–Kier alpha value is -1.68. The maximum absolute atomic E-state index is 11.7. The normalized spacial score (nSPS) is 11.9. The van der Waals surface area contributed by atoms with Gasteiger partial charge in [0.1, 0.15) is 6.04 Å². The number of esters is 1. The van der Waals surface area contributed by atoms with E-state index in [1.165, 1.54) is 0 Å². The van der Waals surface area contributed by atoms with Crippen LogP contribution in [-0.4, -0.2) is 24.4 Å². The number of ether oxygens (including phenoxy) is 1. The first-order valence-corrected chi connectivity index (χ1v) is 5.15. The van der Waals surface area contributed by atoms with E-state index in [2.05, 4.69) is 0 Å². The molecule has 1 aromatic rings. The lowest BCUT2D eigenvalue weighted by molar-refractivity contribution is -0.144. The van der Waals surface area contributed by atoms with Crippen molar-refractivity contribution in [1.82, 2.24) is 0 Å². The number of hydrogen-bond donors (Lipinski definition) is 1. The molecule has 0 aliphatic heterocycles. The molecule has 1 atom stereocenters. The second-order valence-electron chi connectivity index (χ2n) is 3.35. The average molecular weight is 221 g/mol. The van der Waals surface area contributed by atoms with Crippen LogP contribution in [0.5, 0.6) is 0 Å². The minimum atomic E-state index is -0.882. The molecule has 2 N–H and O–H groups in total. The molecule has 0 aliphatic rings. The van der Waals surface area contributed by atoms with Gasteiger partial charge in [0, 0.05) is 12.0 Å². The first-order valence-electron chi connectivity index (χ1n) is 5.15. The summed E-state index contributed by atoms with van der Waals surface area (Å²) in [6, 6.07) is 7.86. The van der Waals surface area contributed by atoms with Crippen molar-refractivity contribution >= 4 is 11.8 Å². The van der Waals surface area contributed by atoms with Gasteiger partial charge in [0.2, 0.25) is 0 Å². The minimum absolute atomic E-state index is 0.0250. The molecule has 0 spiro atoms. The van der Waals surface area contributed by atoms with Crippen LogP contribution in [0.2, 0.25) is 0 Å². The second kappa shape index (κ2) is 6.02. The van der Waals surface area contributed by atoms with Crippen LogP contribution in [0.15, 0.2) is 30.3 Å².